The van der Waals surface area contributed by atoms with Gasteiger partial charge in [0, 0.05) is 12.5 Å². The van der Waals surface area contributed by atoms with Gasteiger partial charge in [0.05, 0.1) is 12.1 Å². The van der Waals surface area contributed by atoms with Gasteiger partial charge in [0.2, 0.25) is 12.2 Å². The molecular formula is C17H12F6N4O3. The highest BCUT2D eigenvalue weighted by molar-refractivity contribution is 5.48. The summed E-state index contributed by atoms with van der Waals surface area (Å²) < 4.78 is 84.9. The van der Waals surface area contributed by atoms with E-state index in [1.165, 1.54) is 12.1 Å². The third kappa shape index (κ3) is 5.58. The molecule has 3 rings (SSSR count). The van der Waals surface area contributed by atoms with Gasteiger partial charge in [-0.3, -0.25) is 9.36 Å². The molecule has 0 N–H and O–H groups in total. The van der Waals surface area contributed by atoms with Gasteiger partial charge < -0.3 is 9.26 Å². The largest absolute Gasteiger partial charge is 0.484 e. The van der Waals surface area contributed by atoms with Crippen LogP contribution in [0.1, 0.15) is 12.2 Å². The van der Waals surface area contributed by atoms with Crippen molar-refractivity contribution in [2.24, 2.45) is 0 Å². The molecule has 0 amide bonds. The Morgan fingerprint density at radius 3 is 2.30 bits per heavy atom. The summed E-state index contributed by atoms with van der Waals surface area (Å²) in [6.45, 7) is -1.51. The Balaban J connectivity index is 1.97. The minimum atomic E-state index is -4.53. The van der Waals surface area contributed by atoms with Crippen LogP contribution in [0.5, 0.6) is 5.75 Å². The van der Waals surface area contributed by atoms with Gasteiger partial charge in [-0.2, -0.15) is 31.3 Å². The number of hydrogen-bond acceptors (Lipinski definition) is 6. The number of benzene rings is 1. The lowest BCUT2D eigenvalue weighted by Crippen LogP contribution is -2.25. The normalized spacial score (nSPS) is 12.2. The summed E-state index contributed by atoms with van der Waals surface area (Å²) in [5.41, 5.74) is -0.707. The zero-order valence-corrected chi connectivity index (χ0v) is 14.9. The second-order valence-corrected chi connectivity index (χ2v) is 6.00. The second-order valence-electron chi connectivity index (χ2n) is 6.00. The third-order valence-corrected chi connectivity index (χ3v) is 3.71. The van der Waals surface area contributed by atoms with Crippen molar-refractivity contribution in [3.05, 3.63) is 52.9 Å². The average molecular weight is 434 g/mol. The van der Waals surface area contributed by atoms with E-state index in [1.807, 2.05) is 0 Å². The number of hydrogen-bond donors (Lipinski definition) is 0. The molecule has 0 unspecified atom stereocenters. The zero-order chi connectivity index (χ0) is 21.9. The molecule has 3 aromatic rings. The molecule has 0 bridgehead atoms. The summed E-state index contributed by atoms with van der Waals surface area (Å²) >= 11 is 0. The fourth-order valence-corrected chi connectivity index (χ4v) is 2.48. The lowest BCUT2D eigenvalue weighted by Gasteiger charge is -2.15. The van der Waals surface area contributed by atoms with Crippen molar-refractivity contribution < 1.29 is 35.6 Å². The van der Waals surface area contributed by atoms with Crippen molar-refractivity contribution in [1.82, 2.24) is 19.7 Å². The molecule has 160 valence electrons. The van der Waals surface area contributed by atoms with E-state index in [-0.39, 0.29) is 28.8 Å². The minimum absolute atomic E-state index is 0.0766. The van der Waals surface area contributed by atoms with Gasteiger partial charge >= 0.3 is 12.4 Å². The molecule has 0 spiro atoms. The fraction of sp³-hybridized carbons (Fsp3) is 0.294. The van der Waals surface area contributed by atoms with Gasteiger partial charge in [-0.25, -0.2) is 4.98 Å². The van der Waals surface area contributed by atoms with Gasteiger partial charge in [-0.05, 0) is 24.3 Å². The SMILES string of the molecule is O=c1cc(-c2ncon2)nc(CCC(F)(F)F)n1-c1ccc(OCC(F)(F)F)cc1. The first-order valence-corrected chi connectivity index (χ1v) is 8.28. The van der Waals surface area contributed by atoms with Crippen LogP contribution in [0.25, 0.3) is 17.2 Å². The number of ether oxygens (including phenoxy) is 1. The maximum Gasteiger partial charge on any atom is 0.422 e. The summed E-state index contributed by atoms with van der Waals surface area (Å²) in [5.74, 6) is -0.440. The molecule has 0 radical (unpaired) electrons. The molecule has 0 fully saturated rings. The van der Waals surface area contributed by atoms with Crippen molar-refractivity contribution in [3.63, 3.8) is 0 Å². The van der Waals surface area contributed by atoms with Crippen molar-refractivity contribution in [3.8, 4) is 23.0 Å². The number of aryl methyl sites for hydroxylation is 1. The Labute approximate surface area is 163 Å². The van der Waals surface area contributed by atoms with Crippen LogP contribution in [0.2, 0.25) is 0 Å². The Kier molecular flexibility index (Phi) is 5.80. The van der Waals surface area contributed by atoms with Crippen LogP contribution < -0.4 is 10.3 Å². The Morgan fingerprint density at radius 1 is 1.03 bits per heavy atom. The molecule has 0 atom stereocenters. The third-order valence-electron chi connectivity index (χ3n) is 3.71. The smallest absolute Gasteiger partial charge is 0.422 e. The predicted molar refractivity (Wildman–Crippen MR) is 89.1 cm³/mol. The van der Waals surface area contributed by atoms with E-state index < -0.39 is 37.4 Å². The van der Waals surface area contributed by atoms with E-state index in [2.05, 4.69) is 24.4 Å². The second kappa shape index (κ2) is 8.16. The molecule has 0 saturated heterocycles. The molecule has 7 nitrogen and oxygen atoms in total. The van der Waals surface area contributed by atoms with E-state index >= 15 is 0 Å². The molecule has 0 aliphatic heterocycles. The highest BCUT2D eigenvalue weighted by Gasteiger charge is 2.29. The summed E-state index contributed by atoms with van der Waals surface area (Å²) in [6, 6.07) is 5.80. The van der Waals surface area contributed by atoms with E-state index in [9.17, 15) is 31.1 Å². The number of aromatic nitrogens is 4. The summed E-state index contributed by atoms with van der Waals surface area (Å²) in [7, 11) is 0. The van der Waals surface area contributed by atoms with Crippen LogP contribution in [0.4, 0.5) is 26.3 Å². The van der Waals surface area contributed by atoms with E-state index in [0.29, 0.717) is 0 Å². The summed E-state index contributed by atoms with van der Waals surface area (Å²) in [6.07, 6.45) is -9.94. The van der Waals surface area contributed by atoms with E-state index in [0.717, 1.165) is 29.2 Å². The number of nitrogens with zero attached hydrogens (tertiary/aromatic N) is 4. The maximum absolute atomic E-state index is 12.7. The van der Waals surface area contributed by atoms with Crippen molar-refractivity contribution in [1.29, 1.82) is 0 Å². The van der Waals surface area contributed by atoms with Crippen LogP contribution in [0, 0.1) is 0 Å². The molecule has 0 aliphatic rings. The molecule has 0 saturated carbocycles. The van der Waals surface area contributed by atoms with Gasteiger partial charge in [-0.15, -0.1) is 0 Å². The number of halogens is 6. The standard InChI is InChI=1S/C17H12F6N4O3/c18-16(19,20)6-5-13-25-12(15-24-9-30-26-15)7-14(28)27(13)10-1-3-11(4-2-10)29-8-17(21,22)23/h1-4,7,9H,5-6,8H2. The summed E-state index contributed by atoms with van der Waals surface area (Å²) in [5, 5.41) is 3.50. The van der Waals surface area contributed by atoms with E-state index in [1.54, 1.807) is 0 Å². The van der Waals surface area contributed by atoms with Crippen molar-refractivity contribution in [2.45, 2.75) is 25.2 Å². The monoisotopic (exact) mass is 434 g/mol. The first-order valence-electron chi connectivity index (χ1n) is 8.28. The summed E-state index contributed by atoms with van der Waals surface area (Å²) in [4.78, 5) is 20.4. The Morgan fingerprint density at radius 2 is 1.73 bits per heavy atom. The zero-order valence-electron chi connectivity index (χ0n) is 14.9. The number of alkyl halides is 6. The van der Waals surface area contributed by atoms with Crippen LogP contribution in [0.3, 0.4) is 0 Å². The Bertz CT molecular complexity index is 1040. The van der Waals surface area contributed by atoms with Crippen molar-refractivity contribution in [2.75, 3.05) is 6.61 Å². The molecule has 13 heteroatoms. The molecule has 2 heterocycles. The van der Waals surface area contributed by atoms with Crippen molar-refractivity contribution >= 4 is 0 Å². The molecule has 0 aliphatic carbocycles. The van der Waals surface area contributed by atoms with E-state index in [4.69, 9.17) is 0 Å². The molecule has 1 aromatic carbocycles. The minimum Gasteiger partial charge on any atom is -0.484 e. The molecule has 2 aromatic heterocycles. The molecular weight excluding hydrogens is 422 g/mol. The van der Waals surface area contributed by atoms with Gasteiger partial charge in [0.1, 0.15) is 17.3 Å². The topological polar surface area (TPSA) is 83.0 Å². The van der Waals surface area contributed by atoms with Gasteiger partial charge in [-0.1, -0.05) is 5.16 Å². The lowest BCUT2D eigenvalue weighted by atomic mass is 10.2. The van der Waals surface area contributed by atoms with Crippen LogP contribution in [0.15, 0.2) is 46.0 Å². The highest BCUT2D eigenvalue weighted by Crippen LogP contribution is 2.24. The average Bonchev–Trinajstić information content (AvgIpc) is 3.18. The Hall–Kier alpha value is -3.38. The van der Waals surface area contributed by atoms with Crippen LogP contribution >= 0.6 is 0 Å². The van der Waals surface area contributed by atoms with Gasteiger partial charge in [0.25, 0.3) is 5.56 Å². The lowest BCUT2D eigenvalue weighted by molar-refractivity contribution is -0.153. The van der Waals surface area contributed by atoms with Gasteiger partial charge in [0.15, 0.2) is 6.61 Å². The first kappa shape index (κ1) is 21.3. The van der Waals surface area contributed by atoms with Crippen LogP contribution in [-0.4, -0.2) is 38.7 Å². The number of rotatable bonds is 6. The fourth-order valence-electron chi connectivity index (χ4n) is 2.48. The first-order chi connectivity index (χ1) is 14.0. The molecule has 30 heavy (non-hydrogen) atoms. The predicted octanol–water partition coefficient (Wildman–Crippen LogP) is 3.72. The quantitative estimate of drug-likeness (QED) is 0.550. The maximum atomic E-state index is 12.7. The van der Waals surface area contributed by atoms with Crippen LogP contribution in [-0.2, 0) is 6.42 Å². The highest BCUT2D eigenvalue weighted by atomic mass is 19.4.